The summed E-state index contributed by atoms with van der Waals surface area (Å²) in [5.74, 6) is 0. The molecule has 0 fully saturated rings. The molecule has 0 aliphatic heterocycles. The van der Waals surface area contributed by atoms with Crippen molar-refractivity contribution in [2.75, 3.05) is 0 Å². The van der Waals surface area contributed by atoms with Gasteiger partial charge in [-0.3, -0.25) is 0 Å². The second kappa shape index (κ2) is 16.4. The normalized spacial score (nSPS) is 18.0. The molecule has 252 valence electrons. The number of aryl methyl sites for hydroxylation is 2. The molecule has 4 nitrogen and oxygen atoms in total. The lowest BCUT2D eigenvalue weighted by molar-refractivity contribution is 0.410. The van der Waals surface area contributed by atoms with Crippen molar-refractivity contribution in [3.05, 3.63) is 140 Å². The average molecular weight is 812 g/mol. The van der Waals surface area contributed by atoms with Crippen LogP contribution in [-0.2, 0) is 12.8 Å². The van der Waals surface area contributed by atoms with Gasteiger partial charge in [0.05, 0.1) is 0 Å². The fraction of sp³-hybridized carbons (Fsp3) is 0.300. The van der Waals surface area contributed by atoms with Crippen LogP contribution in [0.15, 0.2) is 106 Å². The molecule has 2 aromatic heterocycles. The average Bonchev–Trinajstić information content (AvgIpc) is 3.65. The number of aromatic amines is 2. The number of rotatable bonds is 6. The van der Waals surface area contributed by atoms with Gasteiger partial charge in [-0.2, -0.15) is 0 Å². The molecule has 6 aromatic rings. The molecule has 48 heavy (non-hydrogen) atoms. The first kappa shape index (κ1) is 36.7. The molecule has 4 atom stereocenters. The van der Waals surface area contributed by atoms with Crippen molar-refractivity contribution in [1.82, 2.24) is 20.6 Å². The van der Waals surface area contributed by atoms with E-state index in [-0.39, 0.29) is 24.8 Å². The van der Waals surface area contributed by atoms with Crippen molar-refractivity contribution in [3.63, 3.8) is 0 Å². The summed E-state index contributed by atoms with van der Waals surface area (Å²) < 4.78 is 2.30. The van der Waals surface area contributed by atoms with Crippen molar-refractivity contribution < 1.29 is 0 Å². The van der Waals surface area contributed by atoms with Crippen molar-refractivity contribution in [1.29, 1.82) is 0 Å². The van der Waals surface area contributed by atoms with Gasteiger partial charge in [-0.15, -0.1) is 24.8 Å². The fourth-order valence-electron chi connectivity index (χ4n) is 7.48. The first-order valence-corrected chi connectivity index (χ1v) is 18.2. The molecule has 2 aliphatic rings. The Morgan fingerprint density at radius 1 is 0.583 bits per heavy atom. The number of nitrogens with one attached hydrogen (secondary N) is 4. The Morgan fingerprint density at radius 3 is 1.38 bits per heavy atom. The number of halogens is 4. The number of aromatic nitrogens is 2. The SMILES string of the molecule is C[C@H](NC1CCCc2c1[nH]c1ccc(Br)cc21)c1ccccc1.C[C@H](N[C@H]1CCCc2c1[nH]c1ccc(Br)cc21)c1ccccc1.Cl.Cl. The maximum Gasteiger partial charge on any atom is 0.0480 e. The Kier molecular flexibility index (Phi) is 12.6. The fourth-order valence-corrected chi connectivity index (χ4v) is 8.20. The van der Waals surface area contributed by atoms with E-state index in [0.29, 0.717) is 24.2 Å². The predicted molar refractivity (Wildman–Crippen MR) is 214 cm³/mol. The van der Waals surface area contributed by atoms with Crippen LogP contribution in [0.3, 0.4) is 0 Å². The van der Waals surface area contributed by atoms with E-state index >= 15 is 0 Å². The second-order valence-electron chi connectivity index (χ2n) is 12.9. The van der Waals surface area contributed by atoms with Gasteiger partial charge in [0, 0.05) is 66.3 Å². The third kappa shape index (κ3) is 7.90. The van der Waals surface area contributed by atoms with Crippen LogP contribution < -0.4 is 10.6 Å². The Labute approximate surface area is 313 Å². The molecule has 1 unspecified atom stereocenters. The molecule has 0 radical (unpaired) electrons. The van der Waals surface area contributed by atoms with Crippen LogP contribution in [0.2, 0.25) is 0 Å². The van der Waals surface area contributed by atoms with E-state index in [1.54, 1.807) is 0 Å². The zero-order chi connectivity index (χ0) is 31.6. The van der Waals surface area contributed by atoms with Crippen LogP contribution in [0.1, 0.15) is 97.3 Å². The topological polar surface area (TPSA) is 55.6 Å². The zero-order valence-electron chi connectivity index (χ0n) is 27.4. The van der Waals surface area contributed by atoms with Crippen LogP contribution >= 0.6 is 56.7 Å². The van der Waals surface area contributed by atoms with Gasteiger partial charge in [0.15, 0.2) is 0 Å². The van der Waals surface area contributed by atoms with Crippen LogP contribution in [0, 0.1) is 0 Å². The van der Waals surface area contributed by atoms with Gasteiger partial charge in [0.25, 0.3) is 0 Å². The van der Waals surface area contributed by atoms with E-state index in [9.17, 15) is 0 Å². The maximum atomic E-state index is 3.82. The number of hydrogen-bond acceptors (Lipinski definition) is 2. The van der Waals surface area contributed by atoms with E-state index in [1.165, 1.54) is 94.0 Å². The molecule has 8 rings (SSSR count). The molecule has 0 saturated heterocycles. The van der Waals surface area contributed by atoms with Gasteiger partial charge in [0.2, 0.25) is 0 Å². The minimum absolute atomic E-state index is 0. The standard InChI is InChI=1S/2C20H21BrN2.2ClH/c2*1-13(14-6-3-2-4-7-14)22-19-9-5-8-16-17-12-15(21)10-11-18(17)23-20(16)19;;/h2*2-4,6-7,10-13,19,22-23H,5,8-9H2,1H3;2*1H/t13-,19?;13-,19-;;/m00../s1. The Bertz CT molecular complexity index is 1800. The van der Waals surface area contributed by atoms with Crippen molar-refractivity contribution >= 4 is 78.5 Å². The van der Waals surface area contributed by atoms with Crippen molar-refractivity contribution in [2.24, 2.45) is 0 Å². The highest BCUT2D eigenvalue weighted by molar-refractivity contribution is 9.10. The minimum atomic E-state index is 0. The van der Waals surface area contributed by atoms with Crippen molar-refractivity contribution in [3.8, 4) is 0 Å². The predicted octanol–water partition coefficient (Wildman–Crippen LogP) is 12.2. The summed E-state index contributed by atoms with van der Waals surface area (Å²) in [5, 5.41) is 10.4. The van der Waals surface area contributed by atoms with Gasteiger partial charge < -0.3 is 20.6 Å². The number of fused-ring (bicyclic) bond motifs is 6. The first-order valence-electron chi connectivity index (χ1n) is 16.7. The zero-order valence-corrected chi connectivity index (χ0v) is 32.2. The third-order valence-corrected chi connectivity index (χ3v) is 10.8. The van der Waals surface area contributed by atoms with Crippen molar-refractivity contribution in [2.45, 2.75) is 76.5 Å². The smallest absolute Gasteiger partial charge is 0.0480 e. The largest absolute Gasteiger partial charge is 0.357 e. The quantitative estimate of drug-likeness (QED) is 0.135. The van der Waals surface area contributed by atoms with E-state index in [1.807, 2.05) is 0 Å². The summed E-state index contributed by atoms with van der Waals surface area (Å²) in [6, 6.07) is 36.0. The van der Waals surface area contributed by atoms with Gasteiger partial charge in [-0.1, -0.05) is 92.5 Å². The summed E-state index contributed by atoms with van der Waals surface area (Å²) >= 11 is 7.20. The minimum Gasteiger partial charge on any atom is -0.357 e. The lowest BCUT2D eigenvalue weighted by atomic mass is 9.91. The van der Waals surface area contributed by atoms with E-state index < -0.39 is 0 Å². The van der Waals surface area contributed by atoms with Gasteiger partial charge in [0.1, 0.15) is 0 Å². The lowest BCUT2D eigenvalue weighted by Crippen LogP contribution is -2.27. The molecule has 2 heterocycles. The van der Waals surface area contributed by atoms with E-state index in [4.69, 9.17) is 0 Å². The second-order valence-corrected chi connectivity index (χ2v) is 14.7. The van der Waals surface area contributed by atoms with Gasteiger partial charge >= 0.3 is 0 Å². The molecule has 0 amide bonds. The van der Waals surface area contributed by atoms with E-state index in [2.05, 4.69) is 163 Å². The highest BCUT2D eigenvalue weighted by atomic mass is 79.9. The molecule has 4 N–H and O–H groups in total. The van der Waals surface area contributed by atoms with Crippen LogP contribution in [-0.4, -0.2) is 9.97 Å². The molecule has 0 spiro atoms. The lowest BCUT2D eigenvalue weighted by Gasteiger charge is -2.27. The van der Waals surface area contributed by atoms with Crippen LogP contribution in [0.25, 0.3) is 21.8 Å². The first-order chi connectivity index (χ1) is 22.4. The molecule has 0 saturated carbocycles. The maximum absolute atomic E-state index is 3.82. The summed E-state index contributed by atoms with van der Waals surface area (Å²) in [4.78, 5) is 7.33. The number of hydrogen-bond donors (Lipinski definition) is 4. The van der Waals surface area contributed by atoms with Gasteiger partial charge in [-0.05, 0) is 111 Å². The highest BCUT2D eigenvalue weighted by Crippen LogP contribution is 2.38. The van der Waals surface area contributed by atoms with E-state index in [0.717, 1.165) is 8.95 Å². The third-order valence-electron chi connectivity index (χ3n) is 9.84. The van der Waals surface area contributed by atoms with Gasteiger partial charge in [-0.25, -0.2) is 0 Å². The Hall–Kier alpha value is -2.58. The number of H-pyrrole nitrogens is 2. The molecule has 2 aliphatic carbocycles. The number of benzene rings is 4. The summed E-state index contributed by atoms with van der Waals surface area (Å²) in [5.41, 5.74) is 10.9. The monoisotopic (exact) mass is 808 g/mol. The van der Waals surface area contributed by atoms with Crippen LogP contribution in [0.4, 0.5) is 0 Å². The highest BCUT2D eigenvalue weighted by Gasteiger charge is 2.27. The molecular formula is C40H44Br2Cl2N4. The summed E-state index contributed by atoms with van der Waals surface area (Å²) in [7, 11) is 0. The molecule has 0 bridgehead atoms. The Morgan fingerprint density at radius 2 is 0.979 bits per heavy atom. The molecule has 8 heteroatoms. The van der Waals surface area contributed by atoms with Crippen LogP contribution in [0.5, 0.6) is 0 Å². The summed E-state index contributed by atoms with van der Waals surface area (Å²) in [6.45, 7) is 4.51. The molecule has 4 aromatic carbocycles. The summed E-state index contributed by atoms with van der Waals surface area (Å²) in [6.07, 6.45) is 7.21. The molecular weight excluding hydrogens is 767 g/mol. The Balaban J connectivity index is 0.000000180.